The van der Waals surface area contributed by atoms with Crippen LogP contribution < -0.4 is 11.0 Å². The smallest absolute Gasteiger partial charge is 0.416 e. The van der Waals surface area contributed by atoms with Crippen molar-refractivity contribution in [2.75, 3.05) is 27.7 Å². The van der Waals surface area contributed by atoms with E-state index in [1.807, 2.05) is 0 Å². The molecule has 2 aromatic heterocycles. The third-order valence-electron chi connectivity index (χ3n) is 8.43. The molecule has 272 valence electrons. The molecule has 12 nitrogen and oxygen atoms in total. The summed E-state index contributed by atoms with van der Waals surface area (Å²) in [6, 6.07) is 19.1. The van der Waals surface area contributed by atoms with Gasteiger partial charge >= 0.3 is 17.9 Å². The fourth-order valence-corrected chi connectivity index (χ4v) is 6.67. The largest absolute Gasteiger partial charge is 0.744 e. The molecule has 0 saturated heterocycles. The maximum absolute atomic E-state index is 13.9. The van der Waals surface area contributed by atoms with Crippen LogP contribution in [0.1, 0.15) is 24.1 Å². The Morgan fingerprint density at radius 1 is 1.00 bits per heavy atom. The first-order chi connectivity index (χ1) is 24.4. The van der Waals surface area contributed by atoms with E-state index in [9.17, 15) is 35.7 Å². The Labute approximate surface area is 298 Å². The molecule has 16 heteroatoms. The molecule has 1 amide bonds. The highest BCUT2D eigenvalue weighted by atomic mass is 32.2. The molecule has 0 aliphatic heterocycles. The number of benzene rings is 3. The van der Waals surface area contributed by atoms with Crippen molar-refractivity contribution in [2.24, 2.45) is 5.92 Å². The Bertz CT molecular complexity index is 2280. The van der Waals surface area contributed by atoms with Gasteiger partial charge in [-0.3, -0.25) is 4.57 Å². The van der Waals surface area contributed by atoms with Crippen molar-refractivity contribution >= 4 is 21.8 Å². The van der Waals surface area contributed by atoms with Gasteiger partial charge in [-0.05, 0) is 68.3 Å². The highest BCUT2D eigenvalue weighted by Gasteiger charge is 2.36. The fraction of sp³-hybridized carbons (Fsp3) is 0.278. The normalized spacial score (nSPS) is 15.9. The number of imidazole rings is 1. The standard InChI is InChI=1S/C30H30F3N7O2.C6H6O3S/c1-19-27(26-13-14-35-39(26)24-11-9-22(34-2)10-12-24)38(28(41)36-23-15-20(16-23)18-40(3,4)5)29(42)37(19)25-8-6-7-21(17-25)30(31,32)33;7-10(8,9)6-4-2-1-3-5-6/h6-14,17,20,23H,15-16,18H2,1,3-5H3;1-5H,(H,7,8,9). The van der Waals surface area contributed by atoms with Crippen LogP contribution in [0.5, 0.6) is 0 Å². The van der Waals surface area contributed by atoms with Gasteiger partial charge in [0.05, 0.1) is 73.7 Å². The topological polar surface area (TPSA) is 135 Å². The van der Waals surface area contributed by atoms with Gasteiger partial charge in [0.25, 0.3) is 0 Å². The number of quaternary nitrogens is 1. The lowest BCUT2D eigenvalue weighted by molar-refractivity contribution is -0.874. The van der Waals surface area contributed by atoms with E-state index in [1.165, 1.54) is 47.3 Å². The van der Waals surface area contributed by atoms with Crippen molar-refractivity contribution in [3.05, 3.63) is 124 Å². The fourth-order valence-electron chi connectivity index (χ4n) is 6.18. The Balaban J connectivity index is 0.000000452. The number of alkyl halides is 3. The van der Waals surface area contributed by atoms with Crippen molar-refractivity contribution in [1.29, 1.82) is 0 Å². The van der Waals surface area contributed by atoms with E-state index in [2.05, 4.69) is 36.4 Å². The first-order valence-electron chi connectivity index (χ1n) is 16.0. The van der Waals surface area contributed by atoms with Gasteiger partial charge in [0.2, 0.25) is 0 Å². The summed E-state index contributed by atoms with van der Waals surface area (Å²) in [6.45, 7) is 9.75. The SMILES string of the molecule is O=S(=O)([O-])c1ccccc1.[C-]#[N+]c1ccc(-n2nccc2-c2c(C)n(-c3cccc(C(F)(F)F)c3)c(=O)n2C(=O)NC2CC(C[N+](C)(C)C)C2)cc1. The molecule has 0 bridgehead atoms. The summed E-state index contributed by atoms with van der Waals surface area (Å²) in [5, 5.41) is 7.34. The molecule has 5 aromatic rings. The van der Waals surface area contributed by atoms with Crippen LogP contribution in [0, 0.1) is 19.4 Å². The van der Waals surface area contributed by atoms with Crippen LogP contribution in [-0.4, -0.2) is 76.1 Å². The highest BCUT2D eigenvalue weighted by molar-refractivity contribution is 7.85. The zero-order valence-corrected chi connectivity index (χ0v) is 29.5. The molecule has 3 aromatic carbocycles. The lowest BCUT2D eigenvalue weighted by Crippen LogP contribution is -2.52. The Morgan fingerprint density at radius 3 is 2.21 bits per heavy atom. The molecule has 1 aliphatic carbocycles. The van der Waals surface area contributed by atoms with Crippen molar-refractivity contribution in [3.63, 3.8) is 0 Å². The molecule has 1 saturated carbocycles. The Hall–Kier alpha value is -5.50. The molecular weight excluding hydrogens is 700 g/mol. The number of nitrogens with one attached hydrogen (secondary N) is 1. The summed E-state index contributed by atoms with van der Waals surface area (Å²) >= 11 is 0. The molecule has 6 rings (SSSR count). The monoisotopic (exact) mass is 735 g/mol. The minimum absolute atomic E-state index is 0.0146. The molecule has 1 aliphatic rings. The van der Waals surface area contributed by atoms with Crippen LogP contribution in [0.3, 0.4) is 0 Å². The summed E-state index contributed by atoms with van der Waals surface area (Å²) in [7, 11) is 2.07. The minimum atomic E-state index is -4.61. The van der Waals surface area contributed by atoms with Gasteiger partial charge in [0.1, 0.15) is 15.8 Å². The van der Waals surface area contributed by atoms with E-state index in [0.29, 0.717) is 23.0 Å². The predicted octanol–water partition coefficient (Wildman–Crippen LogP) is 6.00. The second-order valence-corrected chi connectivity index (χ2v) is 14.8. The first-order valence-corrected chi connectivity index (χ1v) is 17.4. The third-order valence-corrected chi connectivity index (χ3v) is 9.28. The third kappa shape index (κ3) is 8.51. The quantitative estimate of drug-likeness (QED) is 0.124. The Morgan fingerprint density at radius 2 is 1.65 bits per heavy atom. The van der Waals surface area contributed by atoms with E-state index in [1.54, 1.807) is 43.3 Å². The maximum atomic E-state index is 13.9. The molecule has 2 heterocycles. The number of aromatic nitrogens is 4. The van der Waals surface area contributed by atoms with Crippen molar-refractivity contribution in [1.82, 2.24) is 24.2 Å². The van der Waals surface area contributed by atoms with Gasteiger partial charge in [-0.25, -0.2) is 32.1 Å². The van der Waals surface area contributed by atoms with E-state index >= 15 is 0 Å². The Kier molecular flexibility index (Phi) is 10.6. The number of halogens is 3. The number of carbonyl (C=O) groups is 1. The van der Waals surface area contributed by atoms with Gasteiger partial charge in [0.15, 0.2) is 5.69 Å². The number of hydrogen-bond acceptors (Lipinski definition) is 6. The van der Waals surface area contributed by atoms with Gasteiger partial charge in [-0.15, -0.1) is 0 Å². The van der Waals surface area contributed by atoms with Crippen LogP contribution >= 0.6 is 0 Å². The van der Waals surface area contributed by atoms with Crippen LogP contribution in [0.15, 0.2) is 101 Å². The lowest BCUT2D eigenvalue weighted by atomic mass is 9.79. The molecule has 1 fully saturated rings. The molecular formula is C36H36F3N7O5S. The summed E-state index contributed by atoms with van der Waals surface area (Å²) < 4.78 is 75.9. The number of carbonyl (C=O) groups excluding carboxylic acids is 1. The zero-order chi connectivity index (χ0) is 38.0. The molecule has 0 unspecified atom stereocenters. The van der Waals surface area contributed by atoms with E-state index < -0.39 is 33.6 Å². The van der Waals surface area contributed by atoms with Gasteiger partial charge < -0.3 is 14.4 Å². The maximum Gasteiger partial charge on any atom is 0.416 e. The molecule has 52 heavy (non-hydrogen) atoms. The van der Waals surface area contributed by atoms with Crippen LogP contribution in [-0.2, 0) is 16.3 Å². The molecule has 0 radical (unpaired) electrons. The summed E-state index contributed by atoms with van der Waals surface area (Å²) in [4.78, 5) is 30.8. The van der Waals surface area contributed by atoms with Crippen LogP contribution in [0.25, 0.3) is 27.6 Å². The molecule has 1 N–H and O–H groups in total. The van der Waals surface area contributed by atoms with E-state index in [-0.39, 0.29) is 28.0 Å². The summed E-state index contributed by atoms with van der Waals surface area (Å²) in [6.07, 6.45) is -1.57. The molecule has 0 atom stereocenters. The minimum Gasteiger partial charge on any atom is -0.744 e. The second kappa shape index (κ2) is 14.6. The zero-order valence-electron chi connectivity index (χ0n) is 28.7. The van der Waals surface area contributed by atoms with Gasteiger partial charge in [-0.1, -0.05) is 36.4 Å². The van der Waals surface area contributed by atoms with Crippen molar-refractivity contribution in [3.8, 4) is 22.8 Å². The van der Waals surface area contributed by atoms with E-state index in [0.717, 1.165) is 45.1 Å². The number of rotatable bonds is 7. The lowest BCUT2D eigenvalue weighted by Gasteiger charge is -2.39. The van der Waals surface area contributed by atoms with E-state index in [4.69, 9.17) is 6.57 Å². The first kappa shape index (κ1) is 37.7. The number of hydrogen-bond donors (Lipinski definition) is 1. The second-order valence-electron chi connectivity index (χ2n) is 13.4. The number of nitrogens with zero attached hydrogens (tertiary/aromatic N) is 6. The van der Waals surface area contributed by atoms with Crippen LogP contribution in [0.2, 0.25) is 0 Å². The average Bonchev–Trinajstić information content (AvgIpc) is 3.64. The average molecular weight is 736 g/mol. The van der Waals surface area contributed by atoms with Gasteiger partial charge in [-0.2, -0.15) is 18.3 Å². The van der Waals surface area contributed by atoms with Crippen molar-refractivity contribution in [2.45, 2.75) is 36.9 Å². The number of amides is 1. The summed E-state index contributed by atoms with van der Waals surface area (Å²) in [5.74, 6) is 0.433. The highest BCUT2D eigenvalue weighted by Crippen LogP contribution is 2.33. The molecule has 0 spiro atoms. The van der Waals surface area contributed by atoms with Crippen molar-refractivity contribution < 1.29 is 35.4 Å². The van der Waals surface area contributed by atoms with Gasteiger partial charge in [0, 0.05) is 12.0 Å². The predicted molar refractivity (Wildman–Crippen MR) is 186 cm³/mol. The van der Waals surface area contributed by atoms with Crippen LogP contribution in [0.4, 0.5) is 23.7 Å². The summed E-state index contributed by atoms with van der Waals surface area (Å²) in [5.41, 5.74) is 0.145.